The molecule has 0 bridgehead atoms. The molecular formula is C16H19N3O. The monoisotopic (exact) mass is 269 g/mol. The summed E-state index contributed by atoms with van der Waals surface area (Å²) in [6.45, 7) is 4.35. The molecule has 1 heterocycles. The molecule has 0 atom stereocenters. The van der Waals surface area contributed by atoms with Crippen molar-refractivity contribution >= 4 is 22.5 Å². The molecule has 2 rings (SSSR count). The Hall–Kier alpha value is -2.36. The van der Waals surface area contributed by atoms with Gasteiger partial charge in [0.15, 0.2) is 0 Å². The number of hydrogen-bond donors (Lipinski definition) is 1. The molecule has 1 aromatic heterocycles. The number of carbonyl (C=O) groups excluding carboxylic acids is 1. The van der Waals surface area contributed by atoms with E-state index in [1.165, 1.54) is 0 Å². The maximum absolute atomic E-state index is 12.3. The highest BCUT2D eigenvalue weighted by molar-refractivity contribution is 5.99. The van der Waals surface area contributed by atoms with Gasteiger partial charge in [0.25, 0.3) is 5.91 Å². The molecule has 2 aromatic rings. The van der Waals surface area contributed by atoms with E-state index < -0.39 is 0 Å². The summed E-state index contributed by atoms with van der Waals surface area (Å²) < 4.78 is 0. The highest BCUT2D eigenvalue weighted by Gasteiger charge is 2.14. The minimum absolute atomic E-state index is 0.105. The maximum Gasteiger partial charge on any atom is 0.272 e. The van der Waals surface area contributed by atoms with E-state index in [-0.39, 0.29) is 5.91 Å². The molecule has 0 spiro atoms. The first-order valence-electron chi connectivity index (χ1n) is 6.65. The number of aromatic nitrogens is 1. The summed E-state index contributed by atoms with van der Waals surface area (Å²) in [6, 6.07) is 9.20. The summed E-state index contributed by atoms with van der Waals surface area (Å²) in [5.74, 6) is -0.105. The number of nitrogen functional groups attached to an aromatic ring is 1. The first-order chi connectivity index (χ1) is 9.63. The molecule has 1 amide bonds. The number of unbranched alkanes of at least 4 members (excludes halogenated alkanes) is 1. The van der Waals surface area contributed by atoms with Gasteiger partial charge in [0, 0.05) is 24.7 Å². The average molecular weight is 269 g/mol. The van der Waals surface area contributed by atoms with E-state index in [9.17, 15) is 4.79 Å². The second-order valence-corrected chi connectivity index (χ2v) is 4.77. The molecule has 20 heavy (non-hydrogen) atoms. The van der Waals surface area contributed by atoms with Gasteiger partial charge in [-0.25, -0.2) is 4.98 Å². The van der Waals surface area contributed by atoms with Gasteiger partial charge in [-0.15, -0.1) is 6.58 Å². The van der Waals surface area contributed by atoms with E-state index in [4.69, 9.17) is 5.73 Å². The molecule has 1 aromatic carbocycles. The second kappa shape index (κ2) is 6.19. The third-order valence-corrected chi connectivity index (χ3v) is 3.22. The maximum atomic E-state index is 12.3. The molecule has 0 fully saturated rings. The topological polar surface area (TPSA) is 59.2 Å². The van der Waals surface area contributed by atoms with Gasteiger partial charge in [0.05, 0.1) is 5.52 Å². The van der Waals surface area contributed by atoms with Crippen molar-refractivity contribution < 1.29 is 4.79 Å². The number of pyridine rings is 1. The number of nitrogens with two attached hydrogens (primary N) is 1. The zero-order valence-electron chi connectivity index (χ0n) is 11.7. The van der Waals surface area contributed by atoms with Gasteiger partial charge in [-0.05, 0) is 25.0 Å². The summed E-state index contributed by atoms with van der Waals surface area (Å²) >= 11 is 0. The quantitative estimate of drug-likeness (QED) is 0.670. The van der Waals surface area contributed by atoms with Crippen molar-refractivity contribution in [2.75, 3.05) is 19.3 Å². The van der Waals surface area contributed by atoms with Gasteiger partial charge >= 0.3 is 0 Å². The van der Waals surface area contributed by atoms with E-state index in [1.807, 2.05) is 30.3 Å². The van der Waals surface area contributed by atoms with Gasteiger partial charge < -0.3 is 10.6 Å². The second-order valence-electron chi connectivity index (χ2n) is 4.77. The first-order valence-corrected chi connectivity index (χ1v) is 6.65. The van der Waals surface area contributed by atoms with Gasteiger partial charge in [-0.2, -0.15) is 0 Å². The number of benzene rings is 1. The fraction of sp³-hybridized carbons (Fsp3) is 0.250. The molecule has 0 saturated heterocycles. The van der Waals surface area contributed by atoms with Crippen molar-refractivity contribution in [2.24, 2.45) is 0 Å². The van der Waals surface area contributed by atoms with Gasteiger partial charge in [0.1, 0.15) is 5.69 Å². The molecule has 0 aliphatic rings. The molecule has 0 aliphatic heterocycles. The van der Waals surface area contributed by atoms with E-state index >= 15 is 0 Å². The first kappa shape index (κ1) is 14.1. The molecule has 0 unspecified atom stereocenters. The van der Waals surface area contributed by atoms with Gasteiger partial charge in [-0.1, -0.05) is 24.3 Å². The number of allylic oxidation sites excluding steroid dienone is 1. The van der Waals surface area contributed by atoms with Crippen molar-refractivity contribution in [3.05, 3.63) is 48.7 Å². The van der Waals surface area contributed by atoms with Gasteiger partial charge in [0.2, 0.25) is 0 Å². The van der Waals surface area contributed by atoms with Crippen molar-refractivity contribution in [1.29, 1.82) is 0 Å². The summed E-state index contributed by atoms with van der Waals surface area (Å²) in [6.07, 6.45) is 3.64. The number of amides is 1. The van der Waals surface area contributed by atoms with Crippen molar-refractivity contribution in [3.8, 4) is 0 Å². The Bertz CT molecular complexity index is 637. The van der Waals surface area contributed by atoms with Crippen LogP contribution < -0.4 is 5.73 Å². The highest BCUT2D eigenvalue weighted by Crippen LogP contribution is 2.20. The number of rotatable bonds is 5. The Morgan fingerprint density at radius 2 is 2.20 bits per heavy atom. The third-order valence-electron chi connectivity index (χ3n) is 3.22. The molecule has 2 N–H and O–H groups in total. The zero-order valence-corrected chi connectivity index (χ0v) is 11.7. The number of para-hydroxylation sites is 1. The van der Waals surface area contributed by atoms with Crippen LogP contribution in [0, 0.1) is 0 Å². The molecule has 104 valence electrons. The van der Waals surface area contributed by atoms with E-state index in [1.54, 1.807) is 18.0 Å². The minimum Gasteiger partial charge on any atom is -0.398 e. The van der Waals surface area contributed by atoms with Crippen molar-refractivity contribution in [3.63, 3.8) is 0 Å². The summed E-state index contributed by atoms with van der Waals surface area (Å²) in [5.41, 5.74) is 7.71. The number of carbonyl (C=O) groups is 1. The Kier molecular flexibility index (Phi) is 4.35. The van der Waals surface area contributed by atoms with E-state index in [0.717, 1.165) is 23.7 Å². The fourth-order valence-corrected chi connectivity index (χ4v) is 2.08. The van der Waals surface area contributed by atoms with Crippen LogP contribution in [0.3, 0.4) is 0 Å². The standard InChI is InChI=1S/C16H19N3O/c1-3-4-7-10-19(2)16(20)15-11-13(17)12-8-5-6-9-14(12)18-15/h3,5-6,8-9,11H,1,4,7,10H2,2H3,(H2,17,18). The third kappa shape index (κ3) is 2.96. The average Bonchev–Trinajstić information content (AvgIpc) is 2.46. The lowest BCUT2D eigenvalue weighted by molar-refractivity contribution is 0.0788. The highest BCUT2D eigenvalue weighted by atomic mass is 16.2. The van der Waals surface area contributed by atoms with Crippen LogP contribution in [-0.2, 0) is 0 Å². The van der Waals surface area contributed by atoms with Crippen LogP contribution in [0.5, 0.6) is 0 Å². The van der Waals surface area contributed by atoms with E-state index in [0.29, 0.717) is 17.9 Å². The SMILES string of the molecule is C=CCCCN(C)C(=O)c1cc(N)c2ccccc2n1. The summed E-state index contributed by atoms with van der Waals surface area (Å²) in [5, 5.41) is 0.873. The van der Waals surface area contributed by atoms with Crippen LogP contribution in [0.15, 0.2) is 43.0 Å². The van der Waals surface area contributed by atoms with Gasteiger partial charge in [-0.3, -0.25) is 4.79 Å². The fourth-order valence-electron chi connectivity index (χ4n) is 2.08. The Morgan fingerprint density at radius 1 is 1.45 bits per heavy atom. The molecule has 4 heteroatoms. The van der Waals surface area contributed by atoms with Crippen LogP contribution in [0.25, 0.3) is 10.9 Å². The lowest BCUT2D eigenvalue weighted by Crippen LogP contribution is -2.28. The molecule has 4 nitrogen and oxygen atoms in total. The lowest BCUT2D eigenvalue weighted by atomic mass is 10.1. The molecular weight excluding hydrogens is 250 g/mol. The number of nitrogens with zero attached hydrogens (tertiary/aromatic N) is 2. The Labute approximate surface area is 118 Å². The zero-order chi connectivity index (χ0) is 14.5. The van der Waals surface area contributed by atoms with Crippen LogP contribution in [0.1, 0.15) is 23.3 Å². The van der Waals surface area contributed by atoms with Crippen LogP contribution >= 0.6 is 0 Å². The van der Waals surface area contributed by atoms with Crippen LogP contribution in [0.2, 0.25) is 0 Å². The predicted molar refractivity (Wildman–Crippen MR) is 82.5 cm³/mol. The van der Waals surface area contributed by atoms with Crippen LogP contribution in [0.4, 0.5) is 5.69 Å². The predicted octanol–water partition coefficient (Wildman–Crippen LogP) is 2.86. The van der Waals surface area contributed by atoms with Crippen molar-refractivity contribution in [1.82, 2.24) is 9.88 Å². The Balaban J connectivity index is 2.23. The Morgan fingerprint density at radius 3 is 2.95 bits per heavy atom. The largest absolute Gasteiger partial charge is 0.398 e. The summed E-state index contributed by atoms with van der Waals surface area (Å²) in [7, 11) is 1.78. The van der Waals surface area contributed by atoms with Crippen LogP contribution in [-0.4, -0.2) is 29.4 Å². The molecule has 0 saturated carbocycles. The number of fused-ring (bicyclic) bond motifs is 1. The summed E-state index contributed by atoms with van der Waals surface area (Å²) in [4.78, 5) is 18.4. The minimum atomic E-state index is -0.105. The molecule has 0 radical (unpaired) electrons. The van der Waals surface area contributed by atoms with E-state index in [2.05, 4.69) is 11.6 Å². The number of hydrogen-bond acceptors (Lipinski definition) is 3. The molecule has 0 aliphatic carbocycles. The van der Waals surface area contributed by atoms with Crippen molar-refractivity contribution in [2.45, 2.75) is 12.8 Å². The smallest absolute Gasteiger partial charge is 0.272 e. The lowest BCUT2D eigenvalue weighted by Gasteiger charge is -2.16. The normalized spacial score (nSPS) is 10.4. The number of anilines is 1.